The Hall–Kier alpha value is -5.64. The Morgan fingerprint density at radius 3 is 1.47 bits per heavy atom. The number of likely N-dealkylation sites (tertiary alicyclic amines) is 2. The number of carbonyl (C=O) groups is 8. The molecule has 2 aromatic rings. The predicted octanol–water partition coefficient (Wildman–Crippen LogP) is 4.83. The van der Waals surface area contributed by atoms with Crippen LogP contribution >= 0.6 is 0 Å². The van der Waals surface area contributed by atoms with E-state index in [4.69, 9.17) is 0 Å². The van der Waals surface area contributed by atoms with E-state index in [1.165, 1.54) is 14.1 Å². The van der Waals surface area contributed by atoms with Crippen molar-refractivity contribution >= 4 is 47.1 Å². The fourth-order valence-corrected chi connectivity index (χ4v) is 9.46. The fraction of sp³-hybridized carbons (Fsp3) is 0.643. The Kier molecular flexibility index (Phi) is 22.0. The zero-order valence-corrected chi connectivity index (χ0v) is 45.5. The number of rotatable bonds is 23. The molecule has 2 saturated heterocycles. The van der Waals surface area contributed by atoms with Gasteiger partial charge in [0.25, 0.3) is 0 Å². The third-order valence-corrected chi connectivity index (χ3v) is 14.7. The number of benzene rings is 2. The maximum atomic E-state index is 14.3. The molecular weight excluding hydrogens is 913 g/mol. The number of amides is 7. The Labute approximate surface area is 429 Å². The molecule has 2 aliphatic heterocycles. The summed E-state index contributed by atoms with van der Waals surface area (Å²) in [4.78, 5) is 120. The van der Waals surface area contributed by atoms with Crippen LogP contribution in [-0.4, -0.2) is 174 Å². The van der Waals surface area contributed by atoms with Crippen LogP contribution in [0.4, 0.5) is 0 Å². The number of Topliss-reactive ketones (excluding diaryl/α,β-unsaturated/α-hetero) is 1. The van der Waals surface area contributed by atoms with Crippen LogP contribution < -0.4 is 10.6 Å². The lowest BCUT2D eigenvalue weighted by Crippen LogP contribution is -2.58. The van der Waals surface area contributed by atoms with Crippen molar-refractivity contribution in [1.29, 1.82) is 0 Å². The van der Waals surface area contributed by atoms with Gasteiger partial charge in [-0.05, 0) is 80.9 Å². The van der Waals surface area contributed by atoms with Gasteiger partial charge >= 0.3 is 11.8 Å². The molecule has 0 spiro atoms. The SMILES string of the molecule is CC[C@@H](C)C(=O)N[C@H](C(=O)N1CCC[C@H]1CN(CCc1ccccc1)C(=O)CN(C)C(=O)C(=O)N(C)CC(=O)N(CCc1ccccc1)C[C@@H]1CCCN1C(=O)[C@@H](CC(=O)[C@H](C)NC)C(C)(C)C)C(C)(C)C. The number of carbonyl (C=O) groups excluding carboxylic acids is 8. The molecule has 6 atom stereocenters. The summed E-state index contributed by atoms with van der Waals surface area (Å²) in [6, 6.07) is 17.6. The summed E-state index contributed by atoms with van der Waals surface area (Å²) in [5.74, 6) is -4.06. The zero-order chi connectivity index (χ0) is 53.5. The first kappa shape index (κ1) is 58.9. The minimum Gasteiger partial charge on any atom is -0.344 e. The van der Waals surface area contributed by atoms with Gasteiger partial charge in [0.05, 0.1) is 19.1 Å². The van der Waals surface area contributed by atoms with Gasteiger partial charge in [-0.2, -0.15) is 0 Å². The summed E-state index contributed by atoms with van der Waals surface area (Å²) < 4.78 is 0. The summed E-state index contributed by atoms with van der Waals surface area (Å²) in [5.41, 5.74) is 0.944. The zero-order valence-electron chi connectivity index (χ0n) is 45.5. The number of ketones is 1. The minimum absolute atomic E-state index is 0.0433. The quantitative estimate of drug-likeness (QED) is 0.148. The topological polar surface area (TPSA) is 180 Å². The molecule has 2 fully saturated rings. The van der Waals surface area contributed by atoms with Gasteiger partial charge in [0.1, 0.15) is 11.8 Å². The lowest BCUT2D eigenvalue weighted by atomic mass is 9.76. The van der Waals surface area contributed by atoms with Gasteiger partial charge in [0, 0.05) is 83.7 Å². The number of nitrogens with zero attached hydrogens (tertiary/aromatic N) is 6. The van der Waals surface area contributed by atoms with E-state index in [0.29, 0.717) is 58.3 Å². The van der Waals surface area contributed by atoms with Crippen LogP contribution in [0.25, 0.3) is 0 Å². The second-order valence-corrected chi connectivity index (χ2v) is 22.3. The molecule has 2 aromatic carbocycles. The minimum atomic E-state index is -0.955. The van der Waals surface area contributed by atoms with Crippen LogP contribution in [0.3, 0.4) is 0 Å². The van der Waals surface area contributed by atoms with Crippen LogP contribution in [-0.2, 0) is 51.2 Å². The Bertz CT molecular complexity index is 2010. The molecule has 16 nitrogen and oxygen atoms in total. The second kappa shape index (κ2) is 26.9. The molecule has 4 rings (SSSR count). The van der Waals surface area contributed by atoms with Crippen molar-refractivity contribution < 1.29 is 38.4 Å². The van der Waals surface area contributed by atoms with E-state index < -0.39 is 65.5 Å². The highest BCUT2D eigenvalue weighted by molar-refractivity contribution is 6.35. The maximum Gasteiger partial charge on any atom is 0.312 e. The molecule has 72 heavy (non-hydrogen) atoms. The Morgan fingerprint density at radius 2 is 1.08 bits per heavy atom. The van der Waals surface area contributed by atoms with E-state index in [-0.39, 0.29) is 61.0 Å². The normalized spacial score (nSPS) is 17.6. The van der Waals surface area contributed by atoms with Crippen LogP contribution in [0.1, 0.15) is 112 Å². The third kappa shape index (κ3) is 16.7. The number of hydrogen-bond acceptors (Lipinski definition) is 9. The summed E-state index contributed by atoms with van der Waals surface area (Å²) in [6.45, 7) is 18.4. The van der Waals surface area contributed by atoms with E-state index in [1.54, 1.807) is 28.7 Å². The summed E-state index contributed by atoms with van der Waals surface area (Å²) in [7, 11) is 4.49. The van der Waals surface area contributed by atoms with Crippen molar-refractivity contribution in [2.75, 3.05) is 73.5 Å². The molecule has 0 bridgehead atoms. The summed E-state index contributed by atoms with van der Waals surface area (Å²) in [5, 5.41) is 6.00. The number of hydrogen-bond donors (Lipinski definition) is 2. The second-order valence-electron chi connectivity index (χ2n) is 22.3. The molecular formula is C56H86N8O8. The molecule has 7 amide bonds. The average molecular weight is 999 g/mol. The van der Waals surface area contributed by atoms with Gasteiger partial charge < -0.3 is 40.0 Å². The molecule has 398 valence electrons. The molecule has 0 aliphatic carbocycles. The van der Waals surface area contributed by atoms with Gasteiger partial charge in [-0.25, -0.2) is 0 Å². The first-order valence-electron chi connectivity index (χ1n) is 26.1. The van der Waals surface area contributed by atoms with Crippen LogP contribution in [0.2, 0.25) is 0 Å². The van der Waals surface area contributed by atoms with Crippen molar-refractivity contribution in [3.05, 3.63) is 71.8 Å². The molecule has 0 saturated carbocycles. The lowest BCUT2D eigenvalue weighted by molar-refractivity contribution is -0.153. The van der Waals surface area contributed by atoms with E-state index in [2.05, 4.69) is 10.6 Å². The first-order chi connectivity index (χ1) is 33.9. The van der Waals surface area contributed by atoms with Gasteiger partial charge in [0.15, 0.2) is 0 Å². The number of likely N-dealkylation sites (N-methyl/N-ethyl adjacent to an activating group) is 3. The van der Waals surface area contributed by atoms with Gasteiger partial charge in [-0.1, -0.05) is 116 Å². The molecule has 16 heteroatoms. The fourth-order valence-electron chi connectivity index (χ4n) is 9.46. The van der Waals surface area contributed by atoms with Gasteiger partial charge in [-0.3, -0.25) is 38.4 Å². The third-order valence-electron chi connectivity index (χ3n) is 14.7. The predicted molar refractivity (Wildman–Crippen MR) is 280 cm³/mol. The average Bonchev–Trinajstić information content (AvgIpc) is 4.03. The lowest BCUT2D eigenvalue weighted by Gasteiger charge is -2.38. The molecule has 2 heterocycles. The van der Waals surface area contributed by atoms with E-state index >= 15 is 0 Å². The van der Waals surface area contributed by atoms with E-state index in [9.17, 15) is 38.4 Å². The van der Waals surface area contributed by atoms with Crippen molar-refractivity contribution in [2.24, 2.45) is 22.7 Å². The smallest absolute Gasteiger partial charge is 0.312 e. The molecule has 2 aliphatic rings. The van der Waals surface area contributed by atoms with Crippen molar-refractivity contribution in [2.45, 2.75) is 138 Å². The largest absolute Gasteiger partial charge is 0.344 e. The van der Waals surface area contributed by atoms with E-state index in [0.717, 1.165) is 33.8 Å². The van der Waals surface area contributed by atoms with Gasteiger partial charge in [-0.15, -0.1) is 0 Å². The summed E-state index contributed by atoms with van der Waals surface area (Å²) in [6.07, 6.45) is 4.55. The molecule has 0 unspecified atom stereocenters. The Morgan fingerprint density at radius 1 is 0.653 bits per heavy atom. The Balaban J connectivity index is 1.49. The molecule has 0 aromatic heterocycles. The highest BCUT2D eigenvalue weighted by atomic mass is 16.2. The van der Waals surface area contributed by atoms with E-state index in [1.807, 2.05) is 121 Å². The van der Waals surface area contributed by atoms with Crippen LogP contribution in [0.5, 0.6) is 0 Å². The summed E-state index contributed by atoms with van der Waals surface area (Å²) >= 11 is 0. The van der Waals surface area contributed by atoms with Crippen molar-refractivity contribution in [1.82, 2.24) is 40.0 Å². The first-order valence-corrected chi connectivity index (χ1v) is 26.1. The highest BCUT2D eigenvalue weighted by Gasteiger charge is 2.43. The van der Waals surface area contributed by atoms with Gasteiger partial charge in [0.2, 0.25) is 29.5 Å². The van der Waals surface area contributed by atoms with Crippen molar-refractivity contribution in [3.63, 3.8) is 0 Å². The standard InChI is InChI=1S/C56H86N8O8/c1-13-39(2)50(68)58-49(56(7,8)9)52(70)64-31-21-27-44(64)36-62(33-29-42-24-18-15-19-25-42)48(67)38-60(12)54(72)53(71)59(11)37-47(66)61(32-28-41-22-16-14-17-23-41)35-43-26-20-30-63(43)51(69)45(55(4,5)6)34-46(65)40(3)57-10/h14-19,22-25,39-40,43-45,49,57H,13,20-21,26-38H2,1-12H3,(H,58,68)/t39-,40+,43+,44+,45-,49-/m1/s1. The molecule has 2 N–H and O–H groups in total. The maximum absolute atomic E-state index is 14.3. The van der Waals surface area contributed by atoms with Crippen LogP contribution in [0.15, 0.2) is 60.7 Å². The van der Waals surface area contributed by atoms with Crippen molar-refractivity contribution in [3.8, 4) is 0 Å². The molecule has 0 radical (unpaired) electrons. The highest BCUT2D eigenvalue weighted by Crippen LogP contribution is 2.34. The number of nitrogens with one attached hydrogen (secondary N) is 2. The monoisotopic (exact) mass is 999 g/mol. The van der Waals surface area contributed by atoms with Crippen LogP contribution in [0, 0.1) is 22.7 Å².